The first-order valence-corrected chi connectivity index (χ1v) is 6.09. The molecule has 0 radical (unpaired) electrons. The van der Waals surface area contributed by atoms with Gasteiger partial charge in [0.1, 0.15) is 4.49 Å². The summed E-state index contributed by atoms with van der Waals surface area (Å²) < 4.78 is 0.202. The molecule has 0 aromatic rings. The molecular formula is C11H14Cl2O2. The highest BCUT2D eigenvalue weighted by atomic mass is 35.5. The van der Waals surface area contributed by atoms with Crippen molar-refractivity contribution >= 4 is 29.2 Å². The molecule has 2 rings (SSSR count). The van der Waals surface area contributed by atoms with E-state index < -0.39 is 5.97 Å². The van der Waals surface area contributed by atoms with Crippen LogP contribution in [-0.2, 0) is 4.79 Å². The molecule has 0 aromatic carbocycles. The van der Waals surface area contributed by atoms with Crippen LogP contribution in [0.3, 0.4) is 0 Å². The number of carboxylic acids is 1. The Morgan fingerprint density at radius 1 is 1.27 bits per heavy atom. The van der Waals surface area contributed by atoms with Crippen LogP contribution in [0.25, 0.3) is 0 Å². The van der Waals surface area contributed by atoms with Gasteiger partial charge in [-0.15, -0.1) is 0 Å². The van der Waals surface area contributed by atoms with Crippen LogP contribution in [0, 0.1) is 17.3 Å². The Morgan fingerprint density at radius 3 is 2.33 bits per heavy atom. The Kier molecular flexibility index (Phi) is 3.00. The van der Waals surface area contributed by atoms with Crippen LogP contribution in [0.1, 0.15) is 32.1 Å². The number of carboxylic acid groups (broad SMARTS) is 1. The number of hydrogen-bond donors (Lipinski definition) is 1. The lowest BCUT2D eigenvalue weighted by Gasteiger charge is -2.22. The Bertz CT molecular complexity index is 302. The summed E-state index contributed by atoms with van der Waals surface area (Å²) in [4.78, 5) is 11.1. The fourth-order valence-corrected chi connectivity index (χ4v) is 3.45. The number of carbonyl (C=O) groups is 1. The molecule has 1 spiro atoms. The van der Waals surface area contributed by atoms with E-state index in [1.54, 1.807) is 6.08 Å². The smallest absolute Gasteiger partial charge is 0.307 e. The highest BCUT2D eigenvalue weighted by Gasteiger charge is 2.66. The standard InChI is InChI=1S/C11H14Cl2O2/c12-8(13)6-7-9(10(14)15)11(7)4-2-1-3-5-11/h6-7,9H,1-5H2,(H,14,15). The molecule has 2 saturated carbocycles. The number of hydrogen-bond acceptors (Lipinski definition) is 1. The van der Waals surface area contributed by atoms with Gasteiger partial charge < -0.3 is 5.11 Å². The van der Waals surface area contributed by atoms with Gasteiger partial charge in [-0.05, 0) is 30.3 Å². The molecule has 2 unspecified atom stereocenters. The summed E-state index contributed by atoms with van der Waals surface area (Å²) in [7, 11) is 0. The Labute approximate surface area is 99.2 Å². The molecule has 0 aliphatic heterocycles. The van der Waals surface area contributed by atoms with Gasteiger partial charge in [-0.1, -0.05) is 42.5 Å². The first-order chi connectivity index (χ1) is 7.08. The number of halogens is 2. The van der Waals surface area contributed by atoms with E-state index in [2.05, 4.69) is 0 Å². The zero-order chi connectivity index (χ0) is 11.1. The second kappa shape index (κ2) is 3.99. The third kappa shape index (κ3) is 1.90. The molecule has 2 aliphatic carbocycles. The minimum Gasteiger partial charge on any atom is -0.481 e. The third-order valence-electron chi connectivity index (χ3n) is 3.89. The van der Waals surface area contributed by atoms with Crippen molar-refractivity contribution in [3.05, 3.63) is 10.6 Å². The molecule has 0 heterocycles. The quantitative estimate of drug-likeness (QED) is 0.811. The van der Waals surface area contributed by atoms with Crippen LogP contribution in [0.15, 0.2) is 10.6 Å². The molecular weight excluding hydrogens is 235 g/mol. The molecule has 15 heavy (non-hydrogen) atoms. The van der Waals surface area contributed by atoms with Crippen molar-refractivity contribution in [2.24, 2.45) is 17.3 Å². The van der Waals surface area contributed by atoms with E-state index in [0.717, 1.165) is 25.7 Å². The van der Waals surface area contributed by atoms with E-state index in [1.165, 1.54) is 6.42 Å². The molecule has 0 saturated heterocycles. The van der Waals surface area contributed by atoms with Gasteiger partial charge in [0, 0.05) is 0 Å². The summed E-state index contributed by atoms with van der Waals surface area (Å²) in [5.74, 6) is -0.904. The zero-order valence-electron chi connectivity index (χ0n) is 8.38. The van der Waals surface area contributed by atoms with Gasteiger partial charge >= 0.3 is 5.97 Å². The minimum atomic E-state index is -0.701. The van der Waals surface area contributed by atoms with Gasteiger partial charge in [-0.3, -0.25) is 4.79 Å². The minimum absolute atomic E-state index is 0.0287. The molecule has 0 bridgehead atoms. The lowest BCUT2D eigenvalue weighted by Crippen LogP contribution is -2.14. The van der Waals surface area contributed by atoms with Crippen molar-refractivity contribution in [3.63, 3.8) is 0 Å². The third-order valence-corrected chi connectivity index (χ3v) is 4.14. The molecule has 4 heteroatoms. The average Bonchev–Trinajstić information content (AvgIpc) is 2.72. The van der Waals surface area contributed by atoms with Gasteiger partial charge in [0.05, 0.1) is 5.92 Å². The Hall–Kier alpha value is -0.210. The van der Waals surface area contributed by atoms with Crippen molar-refractivity contribution in [1.82, 2.24) is 0 Å². The van der Waals surface area contributed by atoms with Crippen molar-refractivity contribution in [2.75, 3.05) is 0 Å². The van der Waals surface area contributed by atoms with Crippen molar-refractivity contribution < 1.29 is 9.90 Å². The van der Waals surface area contributed by atoms with Crippen LogP contribution in [-0.4, -0.2) is 11.1 Å². The van der Waals surface area contributed by atoms with E-state index in [1.807, 2.05) is 0 Å². The van der Waals surface area contributed by atoms with Crippen molar-refractivity contribution in [2.45, 2.75) is 32.1 Å². The van der Waals surface area contributed by atoms with Crippen molar-refractivity contribution in [3.8, 4) is 0 Å². The van der Waals surface area contributed by atoms with Gasteiger partial charge in [0.2, 0.25) is 0 Å². The molecule has 0 amide bonds. The summed E-state index contributed by atoms with van der Waals surface area (Å²) in [5, 5.41) is 9.14. The topological polar surface area (TPSA) is 37.3 Å². The molecule has 2 aliphatic rings. The summed E-state index contributed by atoms with van der Waals surface area (Å²) >= 11 is 11.2. The van der Waals surface area contributed by atoms with Crippen LogP contribution < -0.4 is 0 Å². The van der Waals surface area contributed by atoms with Gasteiger partial charge in [-0.25, -0.2) is 0 Å². The summed E-state index contributed by atoms with van der Waals surface area (Å²) in [6, 6.07) is 0. The lowest BCUT2D eigenvalue weighted by molar-refractivity contribution is -0.139. The molecule has 2 nitrogen and oxygen atoms in total. The maximum atomic E-state index is 11.1. The molecule has 1 N–H and O–H groups in total. The molecule has 2 fully saturated rings. The summed E-state index contributed by atoms with van der Waals surface area (Å²) in [5.41, 5.74) is -0.0287. The summed E-state index contributed by atoms with van der Waals surface area (Å²) in [6.07, 6.45) is 7.22. The molecule has 0 aromatic heterocycles. The van der Waals surface area contributed by atoms with E-state index >= 15 is 0 Å². The van der Waals surface area contributed by atoms with E-state index in [0.29, 0.717) is 0 Å². The Balaban J connectivity index is 2.17. The first-order valence-electron chi connectivity index (χ1n) is 5.33. The highest BCUT2D eigenvalue weighted by Crippen LogP contribution is 2.67. The predicted octanol–water partition coefficient (Wildman–Crippen LogP) is 3.59. The van der Waals surface area contributed by atoms with Crippen LogP contribution >= 0.6 is 23.2 Å². The SMILES string of the molecule is O=C(O)C1C(C=C(Cl)Cl)C12CCCCC2. The van der Waals surface area contributed by atoms with Gasteiger partial charge in [0.15, 0.2) is 0 Å². The largest absolute Gasteiger partial charge is 0.481 e. The summed E-state index contributed by atoms with van der Waals surface area (Å²) in [6.45, 7) is 0. The highest BCUT2D eigenvalue weighted by molar-refractivity contribution is 6.55. The number of allylic oxidation sites excluding steroid dienone is 1. The van der Waals surface area contributed by atoms with E-state index in [4.69, 9.17) is 28.3 Å². The van der Waals surface area contributed by atoms with Crippen molar-refractivity contribution in [1.29, 1.82) is 0 Å². The average molecular weight is 249 g/mol. The second-order valence-electron chi connectivity index (χ2n) is 4.59. The fourth-order valence-electron chi connectivity index (χ4n) is 3.18. The zero-order valence-corrected chi connectivity index (χ0v) is 9.89. The van der Waals surface area contributed by atoms with Crippen LogP contribution in [0.4, 0.5) is 0 Å². The lowest BCUT2D eigenvalue weighted by atomic mass is 9.83. The van der Waals surface area contributed by atoms with Gasteiger partial charge in [-0.2, -0.15) is 0 Å². The van der Waals surface area contributed by atoms with Crippen LogP contribution in [0.5, 0.6) is 0 Å². The monoisotopic (exact) mass is 248 g/mol. The van der Waals surface area contributed by atoms with Gasteiger partial charge in [0.25, 0.3) is 0 Å². The number of aliphatic carboxylic acids is 1. The maximum Gasteiger partial charge on any atom is 0.307 e. The number of rotatable bonds is 2. The van der Waals surface area contributed by atoms with Crippen LogP contribution in [0.2, 0.25) is 0 Å². The predicted molar refractivity (Wildman–Crippen MR) is 59.9 cm³/mol. The second-order valence-corrected chi connectivity index (χ2v) is 5.60. The maximum absolute atomic E-state index is 11.1. The van der Waals surface area contributed by atoms with E-state index in [9.17, 15) is 4.79 Å². The van der Waals surface area contributed by atoms with E-state index in [-0.39, 0.29) is 21.7 Å². The normalized spacial score (nSPS) is 32.4. The first kappa shape index (κ1) is 11.3. The fraction of sp³-hybridized carbons (Fsp3) is 0.727. The Morgan fingerprint density at radius 2 is 1.87 bits per heavy atom. The molecule has 84 valence electrons. The molecule has 2 atom stereocenters.